The maximum atomic E-state index is 12.9. The smallest absolute Gasteiger partial charge is 0.320 e. The summed E-state index contributed by atoms with van der Waals surface area (Å²) < 4.78 is 12.9. The summed E-state index contributed by atoms with van der Waals surface area (Å²) in [5.74, 6) is -2.26. The highest BCUT2D eigenvalue weighted by Gasteiger charge is 2.33. The highest BCUT2D eigenvalue weighted by atomic mass is 31.2. The van der Waals surface area contributed by atoms with Crippen molar-refractivity contribution >= 4 is 19.0 Å². The van der Waals surface area contributed by atoms with Gasteiger partial charge in [0.05, 0.1) is 4.92 Å². The van der Waals surface area contributed by atoms with Crippen molar-refractivity contribution in [2.45, 2.75) is 50.9 Å². The standard InChI is InChI=1S/C17H28N3O6P/c1-2-3-4-5-10-19-16(13-7-6-8-14(12-13)20(23)24)27(25,26)11-9-15(18)17(21)22/h6-8,12,15-16,19H,2-5,9-11,18H2,1H3,(H,21,22)(H,25,26)/t15-,16?/m0/s1. The third-order valence-corrected chi connectivity index (χ3v) is 6.43. The van der Waals surface area contributed by atoms with E-state index >= 15 is 0 Å². The first-order valence-corrected chi connectivity index (χ1v) is 10.9. The average molecular weight is 401 g/mol. The number of benzene rings is 1. The lowest BCUT2D eigenvalue weighted by Crippen LogP contribution is -2.32. The minimum Gasteiger partial charge on any atom is -0.480 e. The lowest BCUT2D eigenvalue weighted by molar-refractivity contribution is -0.384. The van der Waals surface area contributed by atoms with Gasteiger partial charge in [0.15, 0.2) is 0 Å². The molecule has 2 unspecified atom stereocenters. The molecule has 10 heteroatoms. The summed E-state index contributed by atoms with van der Waals surface area (Å²) in [6, 6.07) is 4.35. The van der Waals surface area contributed by atoms with Crippen LogP contribution in [0.1, 0.15) is 50.4 Å². The Morgan fingerprint density at radius 3 is 2.67 bits per heavy atom. The number of carbonyl (C=O) groups is 1. The second-order valence-corrected chi connectivity index (χ2v) is 8.96. The van der Waals surface area contributed by atoms with Crippen molar-refractivity contribution in [2.24, 2.45) is 5.73 Å². The van der Waals surface area contributed by atoms with Gasteiger partial charge in [0, 0.05) is 18.3 Å². The maximum Gasteiger partial charge on any atom is 0.320 e. The number of nitro benzene ring substituents is 1. The number of nitrogens with two attached hydrogens (primary N) is 1. The highest BCUT2D eigenvalue weighted by Crippen LogP contribution is 2.54. The molecule has 0 aliphatic carbocycles. The number of nitrogens with zero attached hydrogens (tertiary/aromatic N) is 1. The lowest BCUT2D eigenvalue weighted by Gasteiger charge is -2.25. The molecule has 0 aromatic heterocycles. The second kappa shape index (κ2) is 11.1. The van der Waals surface area contributed by atoms with Crippen molar-refractivity contribution < 1.29 is 24.3 Å². The van der Waals surface area contributed by atoms with Gasteiger partial charge >= 0.3 is 5.97 Å². The third kappa shape index (κ3) is 7.76. The quantitative estimate of drug-likeness (QED) is 0.170. The van der Waals surface area contributed by atoms with E-state index in [-0.39, 0.29) is 18.3 Å². The fraction of sp³-hybridized carbons (Fsp3) is 0.588. The van der Waals surface area contributed by atoms with E-state index in [1.54, 1.807) is 6.07 Å². The Morgan fingerprint density at radius 1 is 1.37 bits per heavy atom. The zero-order valence-corrected chi connectivity index (χ0v) is 16.3. The molecule has 0 saturated heterocycles. The average Bonchev–Trinajstić information content (AvgIpc) is 2.62. The molecule has 0 radical (unpaired) electrons. The molecule has 1 aromatic carbocycles. The third-order valence-electron chi connectivity index (χ3n) is 4.25. The molecule has 0 spiro atoms. The van der Waals surface area contributed by atoms with Crippen LogP contribution in [0.5, 0.6) is 0 Å². The number of nitro groups is 1. The Balaban J connectivity index is 2.98. The topological polar surface area (TPSA) is 156 Å². The first-order valence-electron chi connectivity index (χ1n) is 8.96. The first kappa shape index (κ1) is 23.2. The summed E-state index contributed by atoms with van der Waals surface area (Å²) >= 11 is 0. The minimum atomic E-state index is -3.90. The predicted molar refractivity (Wildman–Crippen MR) is 103 cm³/mol. The van der Waals surface area contributed by atoms with Gasteiger partial charge in [0.25, 0.3) is 5.69 Å². The second-order valence-electron chi connectivity index (χ2n) is 6.48. The highest BCUT2D eigenvalue weighted by molar-refractivity contribution is 7.58. The van der Waals surface area contributed by atoms with Crippen molar-refractivity contribution in [3.8, 4) is 0 Å². The molecule has 0 aliphatic rings. The number of unbranched alkanes of at least 4 members (excludes halogenated alkanes) is 3. The number of carboxylic acid groups (broad SMARTS) is 1. The Bertz CT molecular complexity index is 684. The maximum absolute atomic E-state index is 12.9. The molecule has 0 fully saturated rings. The molecule has 1 aromatic rings. The van der Waals surface area contributed by atoms with Crippen LogP contribution in [0, 0.1) is 10.1 Å². The molecule has 0 bridgehead atoms. The number of non-ortho nitro benzene ring substituents is 1. The summed E-state index contributed by atoms with van der Waals surface area (Å²) in [7, 11) is -3.90. The zero-order valence-electron chi connectivity index (χ0n) is 15.4. The lowest BCUT2D eigenvalue weighted by atomic mass is 10.2. The van der Waals surface area contributed by atoms with Crippen molar-refractivity contribution in [1.29, 1.82) is 0 Å². The van der Waals surface area contributed by atoms with E-state index < -0.39 is 30.1 Å². The predicted octanol–water partition coefficient (Wildman–Crippen LogP) is 2.84. The van der Waals surface area contributed by atoms with E-state index in [2.05, 4.69) is 12.2 Å². The van der Waals surface area contributed by atoms with Crippen molar-refractivity contribution in [3.63, 3.8) is 0 Å². The van der Waals surface area contributed by atoms with Gasteiger partial charge in [-0.15, -0.1) is 0 Å². The number of carboxylic acids is 1. The zero-order chi connectivity index (χ0) is 20.4. The molecule has 27 heavy (non-hydrogen) atoms. The van der Waals surface area contributed by atoms with Crippen LogP contribution in [0.2, 0.25) is 0 Å². The van der Waals surface area contributed by atoms with Gasteiger partial charge in [-0.1, -0.05) is 38.3 Å². The van der Waals surface area contributed by atoms with Gasteiger partial charge in [-0.3, -0.25) is 19.5 Å². The van der Waals surface area contributed by atoms with Crippen molar-refractivity contribution in [3.05, 3.63) is 39.9 Å². The van der Waals surface area contributed by atoms with Gasteiger partial charge in [0.1, 0.15) is 11.8 Å². The fourth-order valence-electron chi connectivity index (χ4n) is 2.67. The molecule has 152 valence electrons. The molecule has 0 aliphatic heterocycles. The van der Waals surface area contributed by atoms with E-state index in [0.717, 1.165) is 25.7 Å². The van der Waals surface area contributed by atoms with E-state index in [9.17, 15) is 24.4 Å². The van der Waals surface area contributed by atoms with E-state index in [4.69, 9.17) is 10.8 Å². The van der Waals surface area contributed by atoms with Gasteiger partial charge in [-0.2, -0.15) is 0 Å². The van der Waals surface area contributed by atoms with Crippen LogP contribution in [-0.4, -0.2) is 39.6 Å². The molecule has 5 N–H and O–H groups in total. The van der Waals surface area contributed by atoms with Crippen LogP contribution in [0.25, 0.3) is 0 Å². The summed E-state index contributed by atoms with van der Waals surface area (Å²) in [6.45, 7) is 2.55. The normalized spacial score (nSPS) is 15.7. The van der Waals surface area contributed by atoms with Gasteiger partial charge in [0.2, 0.25) is 7.37 Å². The summed E-state index contributed by atoms with van der Waals surface area (Å²) in [5.41, 5.74) is 5.59. The SMILES string of the molecule is CCCCCCNC(c1cccc([N+](=O)[O-])c1)P(=O)(O)CC[C@H](N)C(=O)O. The molecule has 0 saturated carbocycles. The van der Waals surface area contributed by atoms with Crippen LogP contribution in [0.4, 0.5) is 5.69 Å². The Kier molecular flexibility index (Phi) is 9.59. The van der Waals surface area contributed by atoms with Crippen molar-refractivity contribution in [2.75, 3.05) is 12.7 Å². The molecule has 9 nitrogen and oxygen atoms in total. The molecule has 1 rings (SSSR count). The Labute approximate surface area is 158 Å². The first-order chi connectivity index (χ1) is 12.7. The van der Waals surface area contributed by atoms with Crippen LogP contribution < -0.4 is 11.1 Å². The van der Waals surface area contributed by atoms with Crippen molar-refractivity contribution in [1.82, 2.24) is 5.32 Å². The van der Waals surface area contributed by atoms with E-state index in [0.29, 0.717) is 12.1 Å². The largest absolute Gasteiger partial charge is 0.480 e. The van der Waals surface area contributed by atoms with Crippen LogP contribution in [-0.2, 0) is 9.36 Å². The number of rotatable bonds is 13. The summed E-state index contributed by atoms with van der Waals surface area (Å²) in [4.78, 5) is 31.9. The molecule has 3 atom stereocenters. The van der Waals surface area contributed by atoms with Crippen LogP contribution in [0.3, 0.4) is 0 Å². The number of nitrogens with one attached hydrogen (secondary N) is 1. The Hall–Kier alpha value is -1.80. The molecular formula is C17H28N3O6P. The minimum absolute atomic E-state index is 0.161. The monoisotopic (exact) mass is 401 g/mol. The number of aliphatic carboxylic acids is 1. The van der Waals surface area contributed by atoms with Gasteiger partial charge in [-0.05, 0) is 24.9 Å². The summed E-state index contributed by atoms with van der Waals surface area (Å²) in [6.07, 6.45) is 3.41. The molecular weight excluding hydrogens is 373 g/mol. The molecule has 0 heterocycles. The number of hydrogen-bond acceptors (Lipinski definition) is 6. The van der Waals surface area contributed by atoms with Crippen LogP contribution >= 0.6 is 7.37 Å². The summed E-state index contributed by atoms with van der Waals surface area (Å²) in [5, 5.41) is 22.9. The van der Waals surface area contributed by atoms with Gasteiger partial charge in [-0.25, -0.2) is 0 Å². The number of hydrogen-bond donors (Lipinski definition) is 4. The Morgan fingerprint density at radius 2 is 2.07 bits per heavy atom. The van der Waals surface area contributed by atoms with Gasteiger partial charge < -0.3 is 21.1 Å². The fourth-order valence-corrected chi connectivity index (χ4v) is 4.62. The van der Waals surface area contributed by atoms with E-state index in [1.807, 2.05) is 0 Å². The van der Waals surface area contributed by atoms with Crippen LogP contribution in [0.15, 0.2) is 24.3 Å². The molecule has 0 amide bonds. The van der Waals surface area contributed by atoms with E-state index in [1.165, 1.54) is 18.2 Å².